The first-order valence-electron chi connectivity index (χ1n) is 4.88. The Hall–Kier alpha value is -1.03. The lowest BCUT2D eigenvalue weighted by atomic mass is 9.38. The number of rotatable bonds is 1. The van der Waals surface area contributed by atoms with Gasteiger partial charge in [-0.2, -0.15) is 0 Å². The lowest BCUT2D eigenvalue weighted by Gasteiger charge is -2.69. The monoisotopic (exact) mass is 213 g/mol. The maximum absolute atomic E-state index is 13.0. The van der Waals surface area contributed by atoms with Gasteiger partial charge in [-0.15, -0.1) is 0 Å². The Labute approximate surface area is 85.1 Å². The third-order valence-electron chi connectivity index (χ3n) is 3.67. The average Bonchev–Trinajstić information content (AvgIpc) is 2.06. The van der Waals surface area contributed by atoms with E-state index in [1.807, 2.05) is 0 Å². The van der Waals surface area contributed by atoms with Gasteiger partial charge in [-0.1, -0.05) is 0 Å². The first kappa shape index (κ1) is 9.21. The topological polar surface area (TPSA) is 26.0 Å². The minimum absolute atomic E-state index is 0.124. The maximum Gasteiger partial charge on any atom is 0.194 e. The van der Waals surface area contributed by atoms with E-state index in [1.54, 1.807) is 0 Å². The second-order valence-corrected chi connectivity index (χ2v) is 4.93. The Morgan fingerprint density at radius 1 is 1.00 bits per heavy atom. The van der Waals surface area contributed by atoms with Crippen LogP contribution in [-0.4, -0.2) is 5.54 Å². The number of hydrogen-bond acceptors (Lipinski definition) is 1. The molecule has 3 saturated carbocycles. The van der Waals surface area contributed by atoms with Crippen LogP contribution in [0.5, 0.6) is 0 Å². The highest BCUT2D eigenvalue weighted by molar-refractivity contribution is 5.41. The van der Waals surface area contributed by atoms with Crippen molar-refractivity contribution in [2.75, 3.05) is 0 Å². The second-order valence-electron chi connectivity index (χ2n) is 4.93. The first-order valence-corrected chi connectivity index (χ1v) is 4.88. The molecule has 3 fully saturated rings. The molecule has 0 heterocycles. The van der Waals surface area contributed by atoms with Crippen LogP contribution in [0.15, 0.2) is 12.1 Å². The molecule has 0 aliphatic heterocycles. The van der Waals surface area contributed by atoms with Gasteiger partial charge in [0.25, 0.3) is 0 Å². The van der Waals surface area contributed by atoms with Crippen LogP contribution < -0.4 is 5.73 Å². The predicted molar refractivity (Wildman–Crippen MR) is 48.8 cm³/mol. The van der Waals surface area contributed by atoms with Gasteiger partial charge in [0.15, 0.2) is 17.5 Å². The van der Waals surface area contributed by atoms with E-state index in [0.717, 1.165) is 31.4 Å². The number of benzene rings is 1. The van der Waals surface area contributed by atoms with Crippen LogP contribution in [-0.2, 0) is 5.41 Å². The van der Waals surface area contributed by atoms with Crippen molar-refractivity contribution < 1.29 is 13.2 Å². The quantitative estimate of drug-likeness (QED) is 0.711. The fourth-order valence-corrected chi connectivity index (χ4v) is 3.03. The first-order chi connectivity index (χ1) is 6.94. The summed E-state index contributed by atoms with van der Waals surface area (Å²) in [4.78, 5) is 0. The molecule has 80 valence electrons. The molecule has 4 heteroatoms. The summed E-state index contributed by atoms with van der Waals surface area (Å²) in [6.45, 7) is 0. The zero-order valence-electron chi connectivity index (χ0n) is 7.99. The lowest BCUT2D eigenvalue weighted by molar-refractivity contribution is -0.0594. The maximum atomic E-state index is 13.0. The van der Waals surface area contributed by atoms with Crippen molar-refractivity contribution in [3.8, 4) is 0 Å². The van der Waals surface area contributed by atoms with Crippen molar-refractivity contribution in [2.24, 2.45) is 5.73 Å². The highest BCUT2D eigenvalue weighted by atomic mass is 19.2. The van der Waals surface area contributed by atoms with E-state index in [0.29, 0.717) is 5.56 Å². The zero-order chi connectivity index (χ0) is 10.8. The highest BCUT2D eigenvalue weighted by Crippen LogP contribution is 2.66. The summed E-state index contributed by atoms with van der Waals surface area (Å²) < 4.78 is 38.7. The predicted octanol–water partition coefficient (Wildman–Crippen LogP) is 2.24. The van der Waals surface area contributed by atoms with Gasteiger partial charge in [-0.05, 0) is 37.0 Å². The fourth-order valence-electron chi connectivity index (χ4n) is 3.03. The number of nitrogens with two attached hydrogens (primary N) is 1. The van der Waals surface area contributed by atoms with Crippen LogP contribution in [0.4, 0.5) is 13.2 Å². The molecule has 1 aromatic rings. The molecule has 0 radical (unpaired) electrons. The standard InChI is InChI=1S/C11H10F3N/c12-7-1-6(2-8(13)9(7)14)10-3-11(15,4-10)5-10/h1-2H,3-5,15H2. The van der Waals surface area contributed by atoms with E-state index in [4.69, 9.17) is 5.73 Å². The van der Waals surface area contributed by atoms with Gasteiger partial charge in [0.1, 0.15) is 0 Å². The van der Waals surface area contributed by atoms with E-state index in [-0.39, 0.29) is 11.0 Å². The van der Waals surface area contributed by atoms with Gasteiger partial charge in [0.2, 0.25) is 0 Å². The fraction of sp³-hybridized carbons (Fsp3) is 0.455. The summed E-state index contributed by atoms with van der Waals surface area (Å²) in [6.07, 6.45) is 2.26. The van der Waals surface area contributed by atoms with Gasteiger partial charge in [-0.25, -0.2) is 13.2 Å². The Balaban J connectivity index is 2.01. The molecule has 1 nitrogen and oxygen atoms in total. The summed E-state index contributed by atoms with van der Waals surface area (Å²) in [5.74, 6) is -3.62. The largest absolute Gasteiger partial charge is 0.325 e. The van der Waals surface area contributed by atoms with Crippen molar-refractivity contribution in [3.63, 3.8) is 0 Å². The van der Waals surface area contributed by atoms with Crippen LogP contribution in [0.25, 0.3) is 0 Å². The van der Waals surface area contributed by atoms with Crippen LogP contribution in [0.3, 0.4) is 0 Å². The van der Waals surface area contributed by atoms with Crippen molar-refractivity contribution in [1.82, 2.24) is 0 Å². The van der Waals surface area contributed by atoms with Crippen LogP contribution in [0.2, 0.25) is 0 Å². The molecule has 4 rings (SSSR count). The van der Waals surface area contributed by atoms with Crippen molar-refractivity contribution in [2.45, 2.75) is 30.2 Å². The molecular weight excluding hydrogens is 203 g/mol. The molecule has 3 aliphatic rings. The van der Waals surface area contributed by atoms with Crippen molar-refractivity contribution in [1.29, 1.82) is 0 Å². The number of halogens is 3. The number of hydrogen-bond donors (Lipinski definition) is 1. The van der Waals surface area contributed by atoms with Crippen LogP contribution in [0.1, 0.15) is 24.8 Å². The average molecular weight is 213 g/mol. The van der Waals surface area contributed by atoms with Gasteiger partial charge >= 0.3 is 0 Å². The zero-order valence-corrected chi connectivity index (χ0v) is 7.99. The molecule has 3 aliphatic carbocycles. The highest BCUT2D eigenvalue weighted by Gasteiger charge is 2.66. The molecule has 0 amide bonds. The third-order valence-corrected chi connectivity index (χ3v) is 3.67. The molecule has 0 saturated heterocycles. The van der Waals surface area contributed by atoms with Gasteiger partial charge < -0.3 is 5.73 Å². The van der Waals surface area contributed by atoms with Crippen LogP contribution >= 0.6 is 0 Å². The smallest absolute Gasteiger partial charge is 0.194 e. The molecular formula is C11H10F3N. The van der Waals surface area contributed by atoms with Crippen molar-refractivity contribution in [3.05, 3.63) is 35.1 Å². The minimum Gasteiger partial charge on any atom is -0.325 e. The summed E-state index contributed by atoms with van der Waals surface area (Å²) in [6, 6.07) is 2.19. The van der Waals surface area contributed by atoms with E-state index in [1.165, 1.54) is 0 Å². The minimum atomic E-state index is -1.40. The summed E-state index contributed by atoms with van der Waals surface area (Å²) in [7, 11) is 0. The second kappa shape index (κ2) is 2.38. The lowest BCUT2D eigenvalue weighted by Crippen LogP contribution is -2.74. The molecule has 15 heavy (non-hydrogen) atoms. The molecule has 0 unspecified atom stereocenters. The molecule has 0 atom stereocenters. The molecule has 0 spiro atoms. The molecule has 0 aromatic heterocycles. The summed E-state index contributed by atoms with van der Waals surface area (Å²) >= 11 is 0. The van der Waals surface area contributed by atoms with Gasteiger partial charge in [-0.3, -0.25) is 0 Å². The normalized spacial score (nSPS) is 37.1. The Morgan fingerprint density at radius 3 is 1.87 bits per heavy atom. The van der Waals surface area contributed by atoms with Gasteiger partial charge in [0.05, 0.1) is 0 Å². The summed E-state index contributed by atoms with van der Waals surface area (Å²) in [5, 5.41) is 0. The van der Waals surface area contributed by atoms with E-state index >= 15 is 0 Å². The van der Waals surface area contributed by atoms with E-state index in [9.17, 15) is 13.2 Å². The van der Waals surface area contributed by atoms with Crippen LogP contribution in [0, 0.1) is 17.5 Å². The Bertz CT molecular complexity index is 412. The van der Waals surface area contributed by atoms with Gasteiger partial charge in [0, 0.05) is 11.0 Å². The summed E-state index contributed by atoms with van der Waals surface area (Å²) in [5.41, 5.74) is 6.10. The van der Waals surface area contributed by atoms with E-state index < -0.39 is 17.5 Å². The van der Waals surface area contributed by atoms with Crippen molar-refractivity contribution >= 4 is 0 Å². The van der Waals surface area contributed by atoms with E-state index in [2.05, 4.69) is 0 Å². The SMILES string of the molecule is NC12CC(c3cc(F)c(F)c(F)c3)(C1)C2. The molecule has 1 aromatic carbocycles. The molecule has 2 N–H and O–H groups in total. The molecule has 2 bridgehead atoms. The Kier molecular flexibility index (Phi) is 1.46. The third kappa shape index (κ3) is 1.03. The Morgan fingerprint density at radius 2 is 1.47 bits per heavy atom.